The van der Waals surface area contributed by atoms with Gasteiger partial charge in [0.15, 0.2) is 0 Å². The third-order valence-electron chi connectivity index (χ3n) is 6.13. The van der Waals surface area contributed by atoms with Crippen molar-refractivity contribution in [3.63, 3.8) is 0 Å². The molecule has 1 heterocycles. The molecule has 1 unspecified atom stereocenters. The van der Waals surface area contributed by atoms with Crippen LogP contribution in [0, 0.1) is 0 Å². The Balaban J connectivity index is 2.02. The van der Waals surface area contributed by atoms with Crippen molar-refractivity contribution < 1.29 is 4.43 Å². The minimum atomic E-state index is -2.46. The predicted molar refractivity (Wildman–Crippen MR) is 136 cm³/mol. The number of rotatable bonds is 5. The fourth-order valence-electron chi connectivity index (χ4n) is 4.82. The van der Waals surface area contributed by atoms with E-state index in [0.717, 1.165) is 13.2 Å². The molecule has 158 valence electrons. The molecule has 2 aromatic carbocycles. The van der Waals surface area contributed by atoms with E-state index < -0.39 is 8.32 Å². The molecule has 1 aliphatic rings. The number of benzene rings is 2. The molecule has 0 aromatic heterocycles. The highest BCUT2D eigenvalue weighted by atomic mass is 127. The summed E-state index contributed by atoms with van der Waals surface area (Å²) in [6.07, 6.45) is 1.20. The lowest BCUT2D eigenvalue weighted by molar-refractivity contribution is 0.0850. The topological polar surface area (TPSA) is 12.5 Å². The molecule has 0 N–H and O–H groups in total. The summed E-state index contributed by atoms with van der Waals surface area (Å²) in [5.41, 5.74) is 0.166. The molecule has 1 fully saturated rings. The molecule has 0 saturated carbocycles. The van der Waals surface area contributed by atoms with Gasteiger partial charge in [-0.1, -0.05) is 104 Å². The first-order chi connectivity index (χ1) is 13.6. The van der Waals surface area contributed by atoms with Crippen molar-refractivity contribution in [1.82, 2.24) is 4.90 Å². The molecule has 0 amide bonds. The van der Waals surface area contributed by atoms with Gasteiger partial charge in [0.2, 0.25) is 0 Å². The van der Waals surface area contributed by atoms with E-state index in [-0.39, 0.29) is 10.6 Å². The summed E-state index contributed by atoms with van der Waals surface area (Å²) in [7, 11) is -2.46. The molecule has 2 aromatic rings. The van der Waals surface area contributed by atoms with Gasteiger partial charge in [-0.05, 0) is 42.6 Å². The Morgan fingerprint density at radius 2 is 1.38 bits per heavy atom. The first-order valence-electron chi connectivity index (χ1n) is 10.7. The van der Waals surface area contributed by atoms with E-state index >= 15 is 0 Å². The lowest BCUT2D eigenvalue weighted by Gasteiger charge is -2.45. The molecule has 2 atom stereocenters. The number of likely N-dealkylation sites (tertiary alicyclic amines) is 1. The summed E-state index contributed by atoms with van der Waals surface area (Å²) in [6, 6.07) is 22.4. The molecule has 0 aliphatic carbocycles. The van der Waals surface area contributed by atoms with E-state index in [4.69, 9.17) is 4.43 Å². The number of nitrogens with zero attached hydrogens (tertiary/aromatic N) is 1. The Labute approximate surface area is 192 Å². The van der Waals surface area contributed by atoms with Crippen LogP contribution in [-0.4, -0.2) is 41.9 Å². The summed E-state index contributed by atoms with van der Waals surface area (Å²) in [4.78, 5) is 2.65. The molecule has 0 radical (unpaired) electrons. The van der Waals surface area contributed by atoms with Crippen LogP contribution in [0.5, 0.6) is 0 Å². The van der Waals surface area contributed by atoms with E-state index in [2.05, 4.69) is 130 Å². The summed E-state index contributed by atoms with van der Waals surface area (Å²) in [5, 5.41) is 2.76. The van der Waals surface area contributed by atoms with Gasteiger partial charge in [0.25, 0.3) is 8.32 Å². The zero-order chi connectivity index (χ0) is 21.3. The fourth-order valence-corrected chi connectivity index (χ4v) is 10.4. The van der Waals surface area contributed by atoms with Gasteiger partial charge in [-0.3, -0.25) is 4.90 Å². The van der Waals surface area contributed by atoms with Crippen LogP contribution in [-0.2, 0) is 4.43 Å². The SMILES string of the molecule is CC(C)(C)N1CC(I)C[C@@H]1CO[Si](c1ccccc1)(c1ccccc1)C(C)(C)C. The molecule has 0 spiro atoms. The predicted octanol–water partition coefficient (Wildman–Crippen LogP) is 5.24. The molecule has 0 bridgehead atoms. The van der Waals surface area contributed by atoms with Crippen LogP contribution in [0.1, 0.15) is 48.0 Å². The Kier molecular flexibility index (Phi) is 6.98. The first kappa shape index (κ1) is 23.0. The normalized spacial score (nSPS) is 21.5. The van der Waals surface area contributed by atoms with Gasteiger partial charge in [0, 0.05) is 22.1 Å². The van der Waals surface area contributed by atoms with E-state index in [1.54, 1.807) is 0 Å². The van der Waals surface area contributed by atoms with Gasteiger partial charge in [0.05, 0.1) is 6.61 Å². The molecule has 2 nitrogen and oxygen atoms in total. The van der Waals surface area contributed by atoms with Crippen molar-refractivity contribution in [1.29, 1.82) is 0 Å². The highest BCUT2D eigenvalue weighted by Gasteiger charge is 2.51. The summed E-state index contributed by atoms with van der Waals surface area (Å²) >= 11 is 2.62. The molecular weight excluding hydrogens is 485 g/mol. The van der Waals surface area contributed by atoms with Crippen molar-refractivity contribution in [2.45, 2.75) is 68.5 Å². The molecule has 29 heavy (non-hydrogen) atoms. The number of hydrogen-bond acceptors (Lipinski definition) is 2. The van der Waals surface area contributed by atoms with Crippen LogP contribution >= 0.6 is 22.6 Å². The van der Waals surface area contributed by atoms with Gasteiger partial charge in [-0.2, -0.15) is 0 Å². The standard InChI is InChI=1S/C25H36INOSi/c1-24(2,3)27-18-20(26)17-21(27)19-28-29(25(4,5)6,22-13-9-7-10-14-22)23-15-11-8-12-16-23/h7-16,20-21H,17-19H2,1-6H3/t20?,21-/m1/s1. The van der Waals surface area contributed by atoms with Crippen LogP contribution in [0.25, 0.3) is 0 Å². The number of hydrogen-bond donors (Lipinski definition) is 0. The number of alkyl halides is 1. The van der Waals surface area contributed by atoms with E-state index in [0.29, 0.717) is 9.97 Å². The van der Waals surface area contributed by atoms with Crippen LogP contribution in [0.3, 0.4) is 0 Å². The van der Waals surface area contributed by atoms with E-state index in [1.165, 1.54) is 16.8 Å². The monoisotopic (exact) mass is 521 g/mol. The Bertz CT molecular complexity index is 742. The van der Waals surface area contributed by atoms with Crippen molar-refractivity contribution in [3.05, 3.63) is 60.7 Å². The summed E-state index contributed by atoms with van der Waals surface area (Å²) in [5.74, 6) is 0. The van der Waals surface area contributed by atoms with Crippen molar-refractivity contribution >= 4 is 41.3 Å². The summed E-state index contributed by atoms with van der Waals surface area (Å²) in [6.45, 7) is 16.0. The molecule has 1 saturated heterocycles. The maximum Gasteiger partial charge on any atom is 0.261 e. The Morgan fingerprint density at radius 1 is 0.897 bits per heavy atom. The highest BCUT2D eigenvalue weighted by molar-refractivity contribution is 14.1. The van der Waals surface area contributed by atoms with Crippen LogP contribution in [0.15, 0.2) is 60.7 Å². The minimum Gasteiger partial charge on any atom is -0.406 e. The van der Waals surface area contributed by atoms with Gasteiger partial charge >= 0.3 is 0 Å². The van der Waals surface area contributed by atoms with Gasteiger partial charge in [0.1, 0.15) is 0 Å². The van der Waals surface area contributed by atoms with E-state index in [9.17, 15) is 0 Å². The lowest BCUT2D eigenvalue weighted by Crippen LogP contribution is -2.67. The zero-order valence-corrected chi connectivity index (χ0v) is 21.9. The van der Waals surface area contributed by atoms with Gasteiger partial charge in [-0.15, -0.1) is 0 Å². The van der Waals surface area contributed by atoms with Crippen molar-refractivity contribution in [3.8, 4) is 0 Å². The molecule has 1 aliphatic heterocycles. The first-order valence-corrected chi connectivity index (χ1v) is 13.9. The Hall–Kier alpha value is -0.693. The average Bonchev–Trinajstić information content (AvgIpc) is 3.04. The largest absolute Gasteiger partial charge is 0.406 e. The van der Waals surface area contributed by atoms with E-state index in [1.807, 2.05) is 0 Å². The van der Waals surface area contributed by atoms with Crippen molar-refractivity contribution in [2.75, 3.05) is 13.2 Å². The quantitative estimate of drug-likeness (QED) is 0.303. The maximum atomic E-state index is 7.22. The van der Waals surface area contributed by atoms with Crippen LogP contribution < -0.4 is 10.4 Å². The Morgan fingerprint density at radius 3 is 1.79 bits per heavy atom. The molecule has 4 heteroatoms. The third-order valence-corrected chi connectivity index (χ3v) is 12.0. The lowest BCUT2D eigenvalue weighted by atomic mass is 10.1. The second kappa shape index (κ2) is 8.81. The second-order valence-corrected chi connectivity index (χ2v) is 16.4. The van der Waals surface area contributed by atoms with Gasteiger partial charge < -0.3 is 4.43 Å². The third kappa shape index (κ3) is 4.81. The van der Waals surface area contributed by atoms with Gasteiger partial charge in [-0.25, -0.2) is 0 Å². The number of halogens is 1. The van der Waals surface area contributed by atoms with Crippen LogP contribution in [0.2, 0.25) is 5.04 Å². The maximum absolute atomic E-state index is 7.22. The summed E-state index contributed by atoms with van der Waals surface area (Å²) < 4.78 is 7.91. The minimum absolute atomic E-state index is 0.0323. The molecule has 3 rings (SSSR count). The highest BCUT2D eigenvalue weighted by Crippen LogP contribution is 2.38. The smallest absolute Gasteiger partial charge is 0.261 e. The molecular formula is C25H36INOSi. The van der Waals surface area contributed by atoms with Crippen LogP contribution in [0.4, 0.5) is 0 Å². The zero-order valence-electron chi connectivity index (χ0n) is 18.8. The fraction of sp³-hybridized carbons (Fsp3) is 0.520. The van der Waals surface area contributed by atoms with Crippen molar-refractivity contribution in [2.24, 2.45) is 0 Å². The second-order valence-electron chi connectivity index (χ2n) is 10.3. The average molecular weight is 522 g/mol.